The molecular formula is C19H20FNO3. The van der Waals surface area contributed by atoms with E-state index < -0.39 is 17.8 Å². The standard InChI is InChI=1S/C19H20FNO3/c1-2-13-5-3-4-6-15(13)11-18(22)21-17(12-19(23)24)14-7-9-16(20)10-8-14/h3-10,17H,2,11-12H2,1H3,(H,21,22)(H,23,24). The molecule has 1 atom stereocenters. The normalized spacial score (nSPS) is 11.8. The van der Waals surface area contributed by atoms with E-state index in [-0.39, 0.29) is 18.7 Å². The molecule has 0 aromatic heterocycles. The number of rotatable bonds is 7. The summed E-state index contributed by atoms with van der Waals surface area (Å²) >= 11 is 0. The van der Waals surface area contributed by atoms with Crippen LogP contribution in [0.15, 0.2) is 48.5 Å². The number of aliphatic carboxylic acids is 1. The fourth-order valence-electron chi connectivity index (χ4n) is 2.62. The summed E-state index contributed by atoms with van der Waals surface area (Å²) in [6.45, 7) is 2.02. The van der Waals surface area contributed by atoms with Crippen molar-refractivity contribution in [2.75, 3.05) is 0 Å². The van der Waals surface area contributed by atoms with Crippen LogP contribution in [0.1, 0.15) is 36.1 Å². The lowest BCUT2D eigenvalue weighted by Gasteiger charge is -2.18. The summed E-state index contributed by atoms with van der Waals surface area (Å²) in [6, 6.07) is 12.4. The fourth-order valence-corrected chi connectivity index (χ4v) is 2.62. The molecule has 24 heavy (non-hydrogen) atoms. The quantitative estimate of drug-likeness (QED) is 0.819. The SMILES string of the molecule is CCc1ccccc1CC(=O)NC(CC(=O)O)c1ccc(F)cc1. The molecule has 2 aromatic carbocycles. The molecule has 0 aliphatic heterocycles. The van der Waals surface area contributed by atoms with Crippen LogP contribution in [0.3, 0.4) is 0 Å². The smallest absolute Gasteiger partial charge is 0.305 e. The van der Waals surface area contributed by atoms with E-state index in [1.807, 2.05) is 31.2 Å². The summed E-state index contributed by atoms with van der Waals surface area (Å²) in [4.78, 5) is 23.4. The number of carbonyl (C=O) groups excluding carboxylic acids is 1. The zero-order valence-electron chi connectivity index (χ0n) is 13.5. The number of carboxylic acids is 1. The average Bonchev–Trinajstić information content (AvgIpc) is 2.55. The Morgan fingerprint density at radius 2 is 1.71 bits per heavy atom. The Morgan fingerprint density at radius 1 is 1.08 bits per heavy atom. The van der Waals surface area contributed by atoms with Crippen molar-refractivity contribution < 1.29 is 19.1 Å². The Hall–Kier alpha value is -2.69. The highest BCUT2D eigenvalue weighted by Crippen LogP contribution is 2.18. The van der Waals surface area contributed by atoms with Gasteiger partial charge in [0.2, 0.25) is 5.91 Å². The summed E-state index contributed by atoms with van der Waals surface area (Å²) in [7, 11) is 0. The molecule has 2 aromatic rings. The molecule has 2 N–H and O–H groups in total. The highest BCUT2D eigenvalue weighted by Gasteiger charge is 2.18. The lowest BCUT2D eigenvalue weighted by Crippen LogP contribution is -2.31. The molecule has 0 aliphatic carbocycles. The van der Waals surface area contributed by atoms with E-state index in [1.54, 1.807) is 0 Å². The topological polar surface area (TPSA) is 66.4 Å². The molecule has 0 aliphatic rings. The van der Waals surface area contributed by atoms with Crippen LogP contribution in [0.25, 0.3) is 0 Å². The molecule has 0 saturated carbocycles. The molecule has 126 valence electrons. The van der Waals surface area contributed by atoms with Gasteiger partial charge in [0, 0.05) is 0 Å². The van der Waals surface area contributed by atoms with E-state index in [0.717, 1.165) is 17.5 Å². The molecule has 0 radical (unpaired) electrons. The minimum atomic E-state index is -1.03. The van der Waals surface area contributed by atoms with Gasteiger partial charge in [-0.3, -0.25) is 9.59 Å². The minimum Gasteiger partial charge on any atom is -0.481 e. The molecule has 1 amide bonds. The molecule has 5 heteroatoms. The lowest BCUT2D eigenvalue weighted by molar-refractivity contribution is -0.137. The Labute approximate surface area is 140 Å². The predicted octanol–water partition coefficient (Wildman–Crippen LogP) is 3.26. The van der Waals surface area contributed by atoms with Gasteiger partial charge >= 0.3 is 5.97 Å². The summed E-state index contributed by atoms with van der Waals surface area (Å²) in [6.07, 6.45) is 0.744. The summed E-state index contributed by atoms with van der Waals surface area (Å²) in [5.41, 5.74) is 2.57. The maximum Gasteiger partial charge on any atom is 0.305 e. The summed E-state index contributed by atoms with van der Waals surface area (Å²) < 4.78 is 13.0. The third kappa shape index (κ3) is 4.91. The first-order valence-electron chi connectivity index (χ1n) is 7.83. The number of carbonyl (C=O) groups is 2. The molecule has 2 rings (SSSR count). The molecule has 1 unspecified atom stereocenters. The van der Waals surface area contributed by atoms with Crippen molar-refractivity contribution in [1.82, 2.24) is 5.32 Å². The van der Waals surface area contributed by atoms with Gasteiger partial charge in [-0.1, -0.05) is 43.3 Å². The van der Waals surface area contributed by atoms with Crippen molar-refractivity contribution >= 4 is 11.9 Å². The van der Waals surface area contributed by atoms with Gasteiger partial charge in [-0.05, 0) is 35.2 Å². The summed E-state index contributed by atoms with van der Waals surface area (Å²) in [5.74, 6) is -1.69. The second-order valence-corrected chi connectivity index (χ2v) is 5.57. The van der Waals surface area contributed by atoms with E-state index >= 15 is 0 Å². The molecule has 0 saturated heterocycles. The van der Waals surface area contributed by atoms with E-state index in [2.05, 4.69) is 5.32 Å². The number of nitrogens with one attached hydrogen (secondary N) is 1. The van der Waals surface area contributed by atoms with Gasteiger partial charge < -0.3 is 10.4 Å². The highest BCUT2D eigenvalue weighted by molar-refractivity contribution is 5.80. The van der Waals surface area contributed by atoms with Crippen LogP contribution in [0.2, 0.25) is 0 Å². The zero-order valence-corrected chi connectivity index (χ0v) is 13.5. The lowest BCUT2D eigenvalue weighted by atomic mass is 10.0. The Morgan fingerprint density at radius 3 is 2.29 bits per heavy atom. The van der Waals surface area contributed by atoms with E-state index in [1.165, 1.54) is 24.3 Å². The van der Waals surface area contributed by atoms with Crippen LogP contribution >= 0.6 is 0 Å². The third-order valence-electron chi connectivity index (χ3n) is 3.84. The monoisotopic (exact) mass is 329 g/mol. The number of aryl methyl sites for hydroxylation is 1. The van der Waals surface area contributed by atoms with Crippen LogP contribution in [-0.4, -0.2) is 17.0 Å². The van der Waals surface area contributed by atoms with Gasteiger partial charge in [-0.15, -0.1) is 0 Å². The molecular weight excluding hydrogens is 309 g/mol. The number of carboxylic acid groups (broad SMARTS) is 1. The predicted molar refractivity (Wildman–Crippen MR) is 89.1 cm³/mol. The zero-order chi connectivity index (χ0) is 17.5. The van der Waals surface area contributed by atoms with E-state index in [9.17, 15) is 14.0 Å². The van der Waals surface area contributed by atoms with E-state index in [0.29, 0.717) is 5.56 Å². The van der Waals surface area contributed by atoms with Crippen LogP contribution in [0.4, 0.5) is 4.39 Å². The summed E-state index contributed by atoms with van der Waals surface area (Å²) in [5, 5.41) is 11.8. The molecule has 0 heterocycles. The van der Waals surface area contributed by atoms with Crippen LogP contribution in [0, 0.1) is 5.82 Å². The largest absolute Gasteiger partial charge is 0.481 e. The van der Waals surface area contributed by atoms with Crippen molar-refractivity contribution in [2.24, 2.45) is 0 Å². The molecule has 0 spiro atoms. The van der Waals surface area contributed by atoms with Crippen LogP contribution in [0.5, 0.6) is 0 Å². The first-order chi connectivity index (χ1) is 11.5. The van der Waals surface area contributed by atoms with Gasteiger partial charge in [0.25, 0.3) is 0 Å². The van der Waals surface area contributed by atoms with Gasteiger partial charge in [-0.2, -0.15) is 0 Å². The van der Waals surface area contributed by atoms with E-state index in [4.69, 9.17) is 5.11 Å². The number of benzene rings is 2. The number of amides is 1. The second-order valence-electron chi connectivity index (χ2n) is 5.57. The fraction of sp³-hybridized carbons (Fsp3) is 0.263. The maximum atomic E-state index is 13.0. The van der Waals surface area contributed by atoms with Crippen molar-refractivity contribution in [2.45, 2.75) is 32.2 Å². The average molecular weight is 329 g/mol. The Bertz CT molecular complexity index is 713. The van der Waals surface area contributed by atoms with Crippen molar-refractivity contribution in [1.29, 1.82) is 0 Å². The van der Waals surface area contributed by atoms with Crippen LogP contribution in [-0.2, 0) is 22.4 Å². The number of hydrogen-bond acceptors (Lipinski definition) is 2. The van der Waals surface area contributed by atoms with Crippen LogP contribution < -0.4 is 5.32 Å². The van der Waals surface area contributed by atoms with Crippen molar-refractivity contribution in [3.63, 3.8) is 0 Å². The van der Waals surface area contributed by atoms with Gasteiger partial charge in [0.1, 0.15) is 5.82 Å². The number of halogens is 1. The third-order valence-corrected chi connectivity index (χ3v) is 3.84. The molecule has 0 fully saturated rings. The second kappa shape index (κ2) is 8.24. The Kier molecular flexibility index (Phi) is 6.07. The first kappa shape index (κ1) is 17.7. The number of hydrogen-bond donors (Lipinski definition) is 2. The van der Waals surface area contributed by atoms with Crippen molar-refractivity contribution in [3.05, 3.63) is 71.0 Å². The minimum absolute atomic E-state index is 0.182. The molecule has 4 nitrogen and oxygen atoms in total. The maximum absolute atomic E-state index is 13.0. The van der Waals surface area contributed by atoms with Gasteiger partial charge in [-0.25, -0.2) is 4.39 Å². The van der Waals surface area contributed by atoms with Crippen molar-refractivity contribution in [3.8, 4) is 0 Å². The highest BCUT2D eigenvalue weighted by atomic mass is 19.1. The Balaban J connectivity index is 2.12. The molecule has 0 bridgehead atoms. The van der Waals surface area contributed by atoms with Gasteiger partial charge in [0.15, 0.2) is 0 Å². The van der Waals surface area contributed by atoms with Gasteiger partial charge in [0.05, 0.1) is 18.9 Å². The first-order valence-corrected chi connectivity index (χ1v) is 7.83.